The van der Waals surface area contributed by atoms with Gasteiger partial charge in [0.15, 0.2) is 5.82 Å². The highest BCUT2D eigenvalue weighted by molar-refractivity contribution is 7.71. The van der Waals surface area contributed by atoms with E-state index in [1.54, 1.807) is 0 Å². The Hall–Kier alpha value is -1.07. The molecule has 35 heavy (non-hydrogen) atoms. The van der Waals surface area contributed by atoms with Crippen LogP contribution in [0.4, 0.5) is 8.78 Å². The van der Waals surface area contributed by atoms with Crippen LogP contribution in [0.3, 0.4) is 0 Å². The molecular formula is C14H17F2N2O13P3S. The fourth-order valence-corrected chi connectivity index (χ4v) is 6.45. The lowest BCUT2D eigenvalue weighted by Gasteiger charge is -2.19. The van der Waals surface area contributed by atoms with E-state index >= 15 is 0 Å². The molecule has 196 valence electrons. The minimum atomic E-state index is -5.76. The standard InChI is InChI=1S/C14H17F2N2O13P3S/c1-4-5-2-6(14(35)18-13(5)17-12(16)8(4)15)11-10(20)9(19)7(29-11)3-28-33(24,25)31-34(26,27)30-32(21,22)23/h2,7,9-11,19-20H,3H2,1H3,(H,24,25)(H,26,27)(H,17,18,35)(H2,21,22,23)/t7-,9+,10?,11+/m1/s1. The van der Waals surface area contributed by atoms with E-state index in [4.69, 9.17) is 31.6 Å². The Bertz CT molecular complexity index is 1300. The van der Waals surface area contributed by atoms with Gasteiger partial charge in [0.05, 0.1) is 6.61 Å². The molecule has 0 aliphatic carbocycles. The third kappa shape index (κ3) is 6.63. The molecule has 3 aliphatic heterocycles. The smallest absolute Gasteiger partial charge is 0.387 e. The van der Waals surface area contributed by atoms with E-state index in [0.29, 0.717) is 0 Å². The van der Waals surface area contributed by atoms with Gasteiger partial charge in [-0.2, -0.15) is 13.0 Å². The Morgan fingerprint density at radius 3 is 2.34 bits per heavy atom. The number of hydrogen-bond donors (Lipinski definition) is 7. The summed E-state index contributed by atoms with van der Waals surface area (Å²) >= 11 is 5.10. The van der Waals surface area contributed by atoms with Crippen molar-refractivity contribution in [1.82, 2.24) is 9.97 Å². The Balaban J connectivity index is 1.79. The van der Waals surface area contributed by atoms with Gasteiger partial charge >= 0.3 is 23.5 Å². The zero-order valence-electron chi connectivity index (χ0n) is 17.1. The second-order valence-corrected chi connectivity index (χ2v) is 11.9. The highest BCUT2D eigenvalue weighted by atomic mass is 32.1. The monoisotopic (exact) mass is 584 g/mol. The van der Waals surface area contributed by atoms with Crippen molar-refractivity contribution in [3.8, 4) is 11.4 Å². The molecule has 1 saturated heterocycles. The van der Waals surface area contributed by atoms with E-state index in [-0.39, 0.29) is 27.2 Å². The van der Waals surface area contributed by atoms with Crippen molar-refractivity contribution in [3.05, 3.63) is 33.6 Å². The zero-order valence-corrected chi connectivity index (χ0v) is 20.6. The third-order valence-electron chi connectivity index (χ3n) is 4.66. The quantitative estimate of drug-likeness (QED) is 0.132. The number of aromatic nitrogens is 2. The number of aromatic amines is 1. The summed E-state index contributed by atoms with van der Waals surface area (Å²) in [5.74, 6) is -2.57. The summed E-state index contributed by atoms with van der Waals surface area (Å²) in [6.45, 7) is 0.216. The van der Waals surface area contributed by atoms with Crippen LogP contribution in [-0.2, 0) is 31.6 Å². The molecule has 3 rings (SSSR count). The summed E-state index contributed by atoms with van der Waals surface area (Å²) in [6.07, 6.45) is -6.49. The van der Waals surface area contributed by atoms with Gasteiger partial charge in [0.2, 0.25) is 5.95 Å². The second-order valence-electron chi connectivity index (χ2n) is 7.12. The number of aliphatic hydroxyl groups is 2. The minimum absolute atomic E-state index is 0.0256. The fraction of sp³-hybridized carbons (Fsp3) is 0.429. The number of H-pyrrole nitrogens is 1. The Morgan fingerprint density at radius 2 is 1.74 bits per heavy atom. The van der Waals surface area contributed by atoms with Gasteiger partial charge in [-0.05, 0) is 13.0 Å². The van der Waals surface area contributed by atoms with Crippen LogP contribution in [0.1, 0.15) is 17.2 Å². The Morgan fingerprint density at radius 1 is 1.11 bits per heavy atom. The number of fused-ring (bicyclic) bond motifs is 1. The SMILES string of the molecule is Cc1c2cc([C@@H]3O[C@H](COP(=O)(O)OP(=O)(O)OP(=O)(O)O)[C@H](O)C3O)c(=S)nc-2[nH]c(F)c1F. The fourth-order valence-electron chi connectivity index (χ4n) is 3.15. The van der Waals surface area contributed by atoms with Crippen molar-refractivity contribution in [2.75, 3.05) is 6.61 Å². The molecule has 0 aromatic heterocycles. The van der Waals surface area contributed by atoms with E-state index < -0.39 is 66.3 Å². The molecule has 6 atom stereocenters. The average molecular weight is 584 g/mol. The first-order chi connectivity index (χ1) is 15.9. The molecule has 0 aromatic carbocycles. The summed E-state index contributed by atoms with van der Waals surface area (Å²) in [6, 6.07) is 1.24. The van der Waals surface area contributed by atoms with Crippen LogP contribution in [0.25, 0.3) is 11.4 Å². The molecule has 0 aromatic rings. The van der Waals surface area contributed by atoms with Gasteiger partial charge in [0.1, 0.15) is 34.9 Å². The number of phosphoric ester groups is 1. The van der Waals surface area contributed by atoms with Gasteiger partial charge in [-0.15, -0.1) is 0 Å². The maximum absolute atomic E-state index is 13.9. The first-order valence-corrected chi connectivity index (χ1v) is 14.0. The van der Waals surface area contributed by atoms with Crippen molar-refractivity contribution in [2.45, 2.75) is 31.3 Å². The molecule has 3 heterocycles. The molecule has 21 heteroatoms. The van der Waals surface area contributed by atoms with Crippen LogP contribution in [0.2, 0.25) is 0 Å². The minimum Gasteiger partial charge on any atom is -0.387 e. The van der Waals surface area contributed by atoms with E-state index in [9.17, 15) is 37.6 Å². The summed E-state index contributed by atoms with van der Waals surface area (Å²) < 4.78 is 78.2. The molecule has 0 bridgehead atoms. The molecule has 0 spiro atoms. The van der Waals surface area contributed by atoms with Crippen molar-refractivity contribution in [3.63, 3.8) is 0 Å². The van der Waals surface area contributed by atoms with Crippen molar-refractivity contribution >= 4 is 35.7 Å². The van der Waals surface area contributed by atoms with Crippen LogP contribution in [0, 0.1) is 23.3 Å². The lowest BCUT2D eigenvalue weighted by atomic mass is 9.99. The normalized spacial score (nSPS) is 26.5. The number of phosphoric acid groups is 3. The van der Waals surface area contributed by atoms with Crippen LogP contribution >= 0.6 is 35.7 Å². The van der Waals surface area contributed by atoms with E-state index in [0.717, 1.165) is 0 Å². The number of nitrogens with one attached hydrogen (secondary N) is 1. The molecule has 0 radical (unpaired) electrons. The topological polar surface area (TPSA) is 238 Å². The van der Waals surface area contributed by atoms with Gasteiger partial charge in [-0.1, -0.05) is 12.2 Å². The van der Waals surface area contributed by atoms with Crippen LogP contribution in [-0.4, -0.2) is 64.7 Å². The number of ether oxygens (including phenoxy) is 1. The lowest BCUT2D eigenvalue weighted by molar-refractivity contribution is -0.0224. The van der Waals surface area contributed by atoms with Gasteiger partial charge in [-0.25, -0.2) is 23.1 Å². The zero-order chi connectivity index (χ0) is 26.5. The first-order valence-electron chi connectivity index (χ1n) is 9.09. The van der Waals surface area contributed by atoms with Crippen LogP contribution in [0.5, 0.6) is 0 Å². The van der Waals surface area contributed by atoms with Gasteiger partial charge in [0, 0.05) is 16.7 Å². The maximum atomic E-state index is 13.9. The number of pyridine rings is 2. The first kappa shape index (κ1) is 28.5. The molecule has 0 amide bonds. The van der Waals surface area contributed by atoms with Gasteiger partial charge in [0.25, 0.3) is 0 Å². The molecule has 3 unspecified atom stereocenters. The van der Waals surface area contributed by atoms with E-state index in [1.807, 2.05) is 0 Å². The molecule has 3 aliphatic rings. The summed E-state index contributed by atoms with van der Waals surface area (Å²) in [5, 5.41) is 20.6. The van der Waals surface area contributed by atoms with Crippen LogP contribution in [0.15, 0.2) is 6.07 Å². The molecule has 0 saturated carbocycles. The number of hydrogen-bond acceptors (Lipinski definition) is 11. The van der Waals surface area contributed by atoms with Crippen molar-refractivity contribution in [2.24, 2.45) is 0 Å². The lowest BCUT2D eigenvalue weighted by Crippen LogP contribution is -2.33. The predicted octanol–water partition coefficient (Wildman–Crippen LogP) is 1.34. The number of halogens is 2. The molecular weight excluding hydrogens is 567 g/mol. The van der Waals surface area contributed by atoms with Crippen LogP contribution < -0.4 is 0 Å². The average Bonchev–Trinajstić information content (AvgIpc) is 2.96. The summed E-state index contributed by atoms with van der Waals surface area (Å²) in [7, 11) is -16.9. The van der Waals surface area contributed by atoms with E-state index in [1.165, 1.54) is 13.0 Å². The molecule has 15 nitrogen and oxygen atoms in total. The van der Waals surface area contributed by atoms with E-state index in [2.05, 4.69) is 23.1 Å². The Labute approximate surface area is 199 Å². The number of nitrogens with zero attached hydrogens (tertiary/aromatic N) is 1. The van der Waals surface area contributed by atoms with Gasteiger partial charge < -0.3 is 39.5 Å². The largest absolute Gasteiger partial charge is 0.490 e. The Kier molecular flexibility index (Phi) is 8.15. The summed E-state index contributed by atoms with van der Waals surface area (Å²) in [5.41, 5.74) is -0.0888. The van der Waals surface area contributed by atoms with Gasteiger partial charge in [-0.3, -0.25) is 4.52 Å². The molecule has 1 fully saturated rings. The highest BCUT2D eigenvalue weighted by Crippen LogP contribution is 2.66. The van der Waals surface area contributed by atoms with Crippen molar-refractivity contribution in [1.29, 1.82) is 0 Å². The molecule has 7 N–H and O–H groups in total. The maximum Gasteiger partial charge on any atom is 0.490 e. The highest BCUT2D eigenvalue weighted by Gasteiger charge is 2.47. The second kappa shape index (κ2) is 10.0. The van der Waals surface area contributed by atoms with Crippen molar-refractivity contribution < 1.29 is 70.1 Å². The third-order valence-corrected chi connectivity index (χ3v) is 8.79. The number of aliphatic hydroxyl groups excluding tert-OH is 2. The number of rotatable bonds is 8. The summed E-state index contributed by atoms with van der Waals surface area (Å²) in [4.78, 5) is 41.7. The predicted molar refractivity (Wildman–Crippen MR) is 110 cm³/mol.